The van der Waals surface area contributed by atoms with Crippen LogP contribution in [-0.4, -0.2) is 16.5 Å². The van der Waals surface area contributed by atoms with Crippen LogP contribution in [0.2, 0.25) is 10.0 Å². The number of furan rings is 1. The quantitative estimate of drug-likeness (QED) is 0.640. The number of rotatable bonds is 7. The molecule has 1 aromatic carbocycles. The molecule has 0 unspecified atom stereocenters. The number of benzene rings is 1. The second-order valence-electron chi connectivity index (χ2n) is 5.13. The lowest BCUT2D eigenvalue weighted by Gasteiger charge is -2.09. The van der Waals surface area contributed by atoms with Gasteiger partial charge in [0.05, 0.1) is 12.8 Å². The Kier molecular flexibility index (Phi) is 5.56. The molecule has 0 aliphatic carbocycles. The number of hydrogen-bond donors (Lipinski definition) is 2. The maximum atomic E-state index is 6.17. The van der Waals surface area contributed by atoms with Crippen LogP contribution < -0.4 is 10.6 Å². The highest BCUT2D eigenvalue weighted by molar-refractivity contribution is 6.35. The van der Waals surface area contributed by atoms with Crippen LogP contribution in [0.15, 0.2) is 53.4 Å². The molecular weight excluding hydrogens is 347 g/mol. The summed E-state index contributed by atoms with van der Waals surface area (Å²) in [6.45, 7) is 1.28. The molecule has 5 nitrogen and oxygen atoms in total. The molecule has 0 saturated carbocycles. The third kappa shape index (κ3) is 4.63. The Morgan fingerprint density at radius 2 is 1.83 bits per heavy atom. The summed E-state index contributed by atoms with van der Waals surface area (Å²) in [7, 11) is 0. The van der Waals surface area contributed by atoms with Crippen molar-refractivity contribution in [3.05, 3.63) is 70.4 Å². The van der Waals surface area contributed by atoms with Crippen LogP contribution in [0.4, 0.5) is 11.6 Å². The first-order valence-corrected chi connectivity index (χ1v) is 8.22. The predicted octanol–water partition coefficient (Wildman–Crippen LogP) is 4.64. The average Bonchev–Trinajstić information content (AvgIpc) is 3.09. The molecule has 3 rings (SSSR count). The molecule has 7 heteroatoms. The molecule has 0 atom stereocenters. The van der Waals surface area contributed by atoms with E-state index in [0.717, 1.165) is 29.4 Å². The number of nitrogens with zero attached hydrogens (tertiary/aromatic N) is 2. The van der Waals surface area contributed by atoms with Crippen LogP contribution in [0, 0.1) is 0 Å². The second-order valence-corrected chi connectivity index (χ2v) is 5.98. The SMILES string of the molecule is Clc1ccc(CCNc2cc(NCc3ccco3)ncn2)c(Cl)c1. The van der Waals surface area contributed by atoms with E-state index in [2.05, 4.69) is 20.6 Å². The van der Waals surface area contributed by atoms with Gasteiger partial charge in [0.25, 0.3) is 0 Å². The van der Waals surface area contributed by atoms with Crippen molar-refractivity contribution < 1.29 is 4.42 Å². The van der Waals surface area contributed by atoms with Crippen molar-refractivity contribution in [3.63, 3.8) is 0 Å². The lowest BCUT2D eigenvalue weighted by Crippen LogP contribution is -2.08. The van der Waals surface area contributed by atoms with Gasteiger partial charge in [-0.05, 0) is 36.2 Å². The Morgan fingerprint density at radius 3 is 2.58 bits per heavy atom. The largest absolute Gasteiger partial charge is 0.467 e. The molecule has 2 N–H and O–H groups in total. The van der Waals surface area contributed by atoms with Gasteiger partial charge in [-0.2, -0.15) is 0 Å². The molecule has 0 spiro atoms. The maximum Gasteiger partial charge on any atom is 0.131 e. The lowest BCUT2D eigenvalue weighted by molar-refractivity contribution is 0.518. The van der Waals surface area contributed by atoms with E-state index in [1.54, 1.807) is 12.3 Å². The zero-order valence-electron chi connectivity index (χ0n) is 12.8. The summed E-state index contributed by atoms with van der Waals surface area (Å²) in [5, 5.41) is 7.77. The van der Waals surface area contributed by atoms with Crippen LogP contribution in [0.3, 0.4) is 0 Å². The summed E-state index contributed by atoms with van der Waals surface area (Å²) in [6, 6.07) is 11.1. The summed E-state index contributed by atoms with van der Waals surface area (Å²) >= 11 is 12.1. The van der Waals surface area contributed by atoms with Gasteiger partial charge in [0.1, 0.15) is 23.7 Å². The predicted molar refractivity (Wildman–Crippen MR) is 96.7 cm³/mol. The van der Waals surface area contributed by atoms with Crippen molar-refractivity contribution in [1.82, 2.24) is 9.97 Å². The van der Waals surface area contributed by atoms with Gasteiger partial charge in [0.15, 0.2) is 0 Å². The van der Waals surface area contributed by atoms with E-state index in [-0.39, 0.29) is 0 Å². The Hall–Kier alpha value is -2.24. The van der Waals surface area contributed by atoms with Crippen molar-refractivity contribution in [2.45, 2.75) is 13.0 Å². The van der Waals surface area contributed by atoms with Crippen molar-refractivity contribution in [2.75, 3.05) is 17.2 Å². The zero-order chi connectivity index (χ0) is 16.8. The molecule has 0 saturated heterocycles. The fourth-order valence-corrected chi connectivity index (χ4v) is 2.69. The van der Waals surface area contributed by atoms with Crippen molar-refractivity contribution >= 4 is 34.8 Å². The van der Waals surface area contributed by atoms with E-state index in [1.807, 2.05) is 30.3 Å². The van der Waals surface area contributed by atoms with Gasteiger partial charge >= 0.3 is 0 Å². The highest BCUT2D eigenvalue weighted by atomic mass is 35.5. The minimum absolute atomic E-state index is 0.573. The Labute approximate surface area is 150 Å². The average molecular weight is 363 g/mol. The first kappa shape index (κ1) is 16.6. The van der Waals surface area contributed by atoms with E-state index >= 15 is 0 Å². The smallest absolute Gasteiger partial charge is 0.131 e. The topological polar surface area (TPSA) is 63.0 Å². The van der Waals surface area contributed by atoms with Crippen LogP contribution >= 0.6 is 23.2 Å². The molecule has 124 valence electrons. The molecule has 2 aromatic heterocycles. The molecule has 0 aliphatic heterocycles. The highest BCUT2D eigenvalue weighted by Gasteiger charge is 2.03. The molecule has 2 heterocycles. The molecule has 0 aliphatic rings. The third-order valence-electron chi connectivity index (χ3n) is 3.41. The zero-order valence-corrected chi connectivity index (χ0v) is 14.3. The first-order valence-electron chi connectivity index (χ1n) is 7.47. The second kappa shape index (κ2) is 8.04. The van der Waals surface area contributed by atoms with Gasteiger partial charge in [-0.3, -0.25) is 0 Å². The number of anilines is 2. The van der Waals surface area contributed by atoms with Crippen molar-refractivity contribution in [2.24, 2.45) is 0 Å². The fraction of sp³-hybridized carbons (Fsp3) is 0.176. The summed E-state index contributed by atoms with van der Waals surface area (Å²) in [5.74, 6) is 2.32. The van der Waals surface area contributed by atoms with Gasteiger partial charge in [-0.1, -0.05) is 29.3 Å². The molecule has 0 bridgehead atoms. The van der Waals surface area contributed by atoms with Crippen LogP contribution in [0.5, 0.6) is 0 Å². The molecular formula is C17H16Cl2N4O. The number of aromatic nitrogens is 2. The van der Waals surface area contributed by atoms with Gasteiger partial charge in [-0.15, -0.1) is 0 Å². The van der Waals surface area contributed by atoms with Gasteiger partial charge < -0.3 is 15.1 Å². The monoisotopic (exact) mass is 362 g/mol. The molecule has 24 heavy (non-hydrogen) atoms. The van der Waals surface area contributed by atoms with Crippen LogP contribution in [-0.2, 0) is 13.0 Å². The van der Waals surface area contributed by atoms with E-state index in [9.17, 15) is 0 Å². The van der Waals surface area contributed by atoms with E-state index in [0.29, 0.717) is 23.1 Å². The Morgan fingerprint density at radius 1 is 1.00 bits per heavy atom. The Balaban J connectivity index is 1.52. The first-order chi connectivity index (χ1) is 11.7. The molecule has 0 amide bonds. The van der Waals surface area contributed by atoms with E-state index < -0.39 is 0 Å². The van der Waals surface area contributed by atoms with Gasteiger partial charge in [0, 0.05) is 22.7 Å². The van der Waals surface area contributed by atoms with Crippen LogP contribution in [0.1, 0.15) is 11.3 Å². The standard InChI is InChI=1S/C17H16Cl2N4O/c18-13-4-3-12(15(19)8-13)5-6-20-16-9-17(23-11-22-16)21-10-14-2-1-7-24-14/h1-4,7-9,11H,5-6,10H2,(H2,20,21,22,23). The highest BCUT2D eigenvalue weighted by Crippen LogP contribution is 2.21. The molecule has 0 radical (unpaired) electrons. The van der Waals surface area contributed by atoms with Gasteiger partial charge in [-0.25, -0.2) is 9.97 Å². The maximum absolute atomic E-state index is 6.17. The number of hydrogen-bond acceptors (Lipinski definition) is 5. The van der Waals surface area contributed by atoms with Crippen LogP contribution in [0.25, 0.3) is 0 Å². The summed E-state index contributed by atoms with van der Waals surface area (Å²) in [6.07, 6.45) is 3.93. The summed E-state index contributed by atoms with van der Waals surface area (Å²) in [4.78, 5) is 8.40. The normalized spacial score (nSPS) is 10.6. The molecule has 0 fully saturated rings. The minimum atomic E-state index is 0.573. The number of nitrogens with one attached hydrogen (secondary N) is 2. The molecule has 3 aromatic rings. The minimum Gasteiger partial charge on any atom is -0.467 e. The fourth-order valence-electron chi connectivity index (χ4n) is 2.19. The lowest BCUT2D eigenvalue weighted by atomic mass is 10.1. The summed E-state index contributed by atoms with van der Waals surface area (Å²) < 4.78 is 5.28. The van der Waals surface area contributed by atoms with Crippen molar-refractivity contribution in [3.8, 4) is 0 Å². The van der Waals surface area contributed by atoms with Gasteiger partial charge in [0.2, 0.25) is 0 Å². The van der Waals surface area contributed by atoms with E-state index in [1.165, 1.54) is 6.33 Å². The Bertz CT molecular complexity index is 793. The third-order valence-corrected chi connectivity index (χ3v) is 3.99. The van der Waals surface area contributed by atoms with Crippen molar-refractivity contribution in [1.29, 1.82) is 0 Å². The van der Waals surface area contributed by atoms with E-state index in [4.69, 9.17) is 27.6 Å². The number of halogens is 2. The summed E-state index contributed by atoms with van der Waals surface area (Å²) in [5.41, 5.74) is 1.04.